The maximum Gasteiger partial charge on any atom is 0.200 e. The maximum absolute atomic E-state index is 13.5. The summed E-state index contributed by atoms with van der Waals surface area (Å²) in [6.07, 6.45) is 0. The molecule has 0 saturated heterocycles. The van der Waals surface area contributed by atoms with E-state index in [9.17, 15) is 9.18 Å². The van der Waals surface area contributed by atoms with Gasteiger partial charge in [0.15, 0.2) is 24.0 Å². The second-order valence-electron chi connectivity index (χ2n) is 4.11. The molecule has 0 aromatic heterocycles. The molecule has 0 N–H and O–H groups in total. The van der Waals surface area contributed by atoms with E-state index < -0.39 is 5.82 Å². The number of carbonyl (C=O) groups excluding carboxylic acids is 1. The van der Waals surface area contributed by atoms with Gasteiger partial charge in [-0.3, -0.25) is 4.79 Å². The van der Waals surface area contributed by atoms with E-state index in [1.54, 1.807) is 12.1 Å². The maximum atomic E-state index is 13.5. The highest BCUT2D eigenvalue weighted by Gasteiger charge is 2.13. The van der Waals surface area contributed by atoms with E-state index in [2.05, 4.69) is 0 Å². The van der Waals surface area contributed by atoms with E-state index >= 15 is 0 Å². The van der Waals surface area contributed by atoms with Crippen LogP contribution in [0, 0.1) is 5.82 Å². The highest BCUT2D eigenvalue weighted by atomic mass is 35.5. The topological polar surface area (TPSA) is 35.5 Å². The summed E-state index contributed by atoms with van der Waals surface area (Å²) in [7, 11) is 1.48. The Morgan fingerprint density at radius 3 is 2.57 bits per heavy atom. The average Bonchev–Trinajstić information content (AvgIpc) is 2.46. The zero-order valence-electron chi connectivity index (χ0n) is 11.0. The van der Waals surface area contributed by atoms with Crippen molar-refractivity contribution in [3.63, 3.8) is 0 Å². The lowest BCUT2D eigenvalue weighted by Crippen LogP contribution is -2.12. The number of halogens is 3. The van der Waals surface area contributed by atoms with Gasteiger partial charge < -0.3 is 9.47 Å². The first kappa shape index (κ1) is 15.6. The lowest BCUT2D eigenvalue weighted by Gasteiger charge is -2.09. The van der Waals surface area contributed by atoms with Gasteiger partial charge in [0.2, 0.25) is 0 Å². The summed E-state index contributed by atoms with van der Waals surface area (Å²) in [5.74, 6) is -0.652. The van der Waals surface area contributed by atoms with Crippen LogP contribution in [-0.2, 0) is 0 Å². The fourth-order valence-corrected chi connectivity index (χ4v) is 2.16. The van der Waals surface area contributed by atoms with E-state index in [0.717, 1.165) is 0 Å². The molecule has 21 heavy (non-hydrogen) atoms. The van der Waals surface area contributed by atoms with E-state index in [1.807, 2.05) is 0 Å². The van der Waals surface area contributed by atoms with Gasteiger partial charge in [-0.25, -0.2) is 4.39 Å². The summed E-state index contributed by atoms with van der Waals surface area (Å²) in [6, 6.07) is 8.74. The Balaban J connectivity index is 2.10. The van der Waals surface area contributed by atoms with Crippen molar-refractivity contribution in [1.29, 1.82) is 0 Å². The SMILES string of the molecule is COc1ccc(C(=O)COc2c(F)cccc2Cl)cc1Cl. The number of methoxy groups -OCH3 is 1. The van der Waals surface area contributed by atoms with Crippen LogP contribution in [0.15, 0.2) is 36.4 Å². The molecule has 0 aliphatic heterocycles. The normalized spacial score (nSPS) is 10.3. The third-order valence-corrected chi connectivity index (χ3v) is 3.33. The van der Waals surface area contributed by atoms with Gasteiger partial charge in [0.1, 0.15) is 5.75 Å². The smallest absolute Gasteiger partial charge is 0.200 e. The Hall–Kier alpha value is -1.78. The number of ether oxygens (including phenoxy) is 2. The van der Waals surface area contributed by atoms with Crippen molar-refractivity contribution in [2.24, 2.45) is 0 Å². The largest absolute Gasteiger partial charge is 0.495 e. The number of para-hydroxylation sites is 1. The van der Waals surface area contributed by atoms with Crippen molar-refractivity contribution < 1.29 is 18.7 Å². The van der Waals surface area contributed by atoms with Crippen molar-refractivity contribution in [3.8, 4) is 11.5 Å². The van der Waals surface area contributed by atoms with Crippen molar-refractivity contribution in [2.45, 2.75) is 0 Å². The number of hydrogen-bond acceptors (Lipinski definition) is 3. The molecule has 0 atom stereocenters. The van der Waals surface area contributed by atoms with Crippen LogP contribution in [-0.4, -0.2) is 19.5 Å². The van der Waals surface area contributed by atoms with Crippen LogP contribution in [0.5, 0.6) is 11.5 Å². The zero-order valence-corrected chi connectivity index (χ0v) is 12.5. The molecule has 3 nitrogen and oxygen atoms in total. The summed E-state index contributed by atoms with van der Waals surface area (Å²) in [6.45, 7) is -0.344. The van der Waals surface area contributed by atoms with Crippen LogP contribution in [0.4, 0.5) is 4.39 Å². The van der Waals surface area contributed by atoms with Gasteiger partial charge in [0.05, 0.1) is 17.2 Å². The molecular weight excluding hydrogens is 318 g/mol. The fraction of sp³-hybridized carbons (Fsp3) is 0.133. The van der Waals surface area contributed by atoms with E-state index in [1.165, 1.54) is 31.4 Å². The number of Topliss-reactive ketones (excluding diaryl/α,β-unsaturated/α-hetero) is 1. The van der Waals surface area contributed by atoms with Crippen LogP contribution in [0.25, 0.3) is 0 Å². The second-order valence-corrected chi connectivity index (χ2v) is 4.93. The molecule has 0 saturated carbocycles. The fourth-order valence-electron chi connectivity index (χ4n) is 1.68. The zero-order chi connectivity index (χ0) is 15.4. The summed E-state index contributed by atoms with van der Waals surface area (Å²) in [5, 5.41) is 0.419. The molecule has 0 aliphatic rings. The van der Waals surface area contributed by atoms with Crippen molar-refractivity contribution in [1.82, 2.24) is 0 Å². The first-order chi connectivity index (χ1) is 10.0. The summed E-state index contributed by atoms with van der Waals surface area (Å²) >= 11 is 11.8. The molecule has 110 valence electrons. The quantitative estimate of drug-likeness (QED) is 0.763. The highest BCUT2D eigenvalue weighted by Crippen LogP contribution is 2.28. The van der Waals surface area contributed by atoms with Crippen LogP contribution >= 0.6 is 23.2 Å². The van der Waals surface area contributed by atoms with Crippen LogP contribution in [0.2, 0.25) is 10.0 Å². The molecule has 2 aromatic carbocycles. The van der Waals surface area contributed by atoms with E-state index in [-0.39, 0.29) is 23.2 Å². The molecule has 0 bridgehead atoms. The molecule has 2 rings (SSSR count). The van der Waals surface area contributed by atoms with E-state index in [0.29, 0.717) is 16.3 Å². The molecule has 0 fully saturated rings. The van der Waals surface area contributed by atoms with Crippen LogP contribution in [0.1, 0.15) is 10.4 Å². The molecule has 0 heterocycles. The first-order valence-electron chi connectivity index (χ1n) is 5.96. The number of carbonyl (C=O) groups is 1. The number of ketones is 1. The predicted molar refractivity (Wildman–Crippen MR) is 79.2 cm³/mol. The monoisotopic (exact) mass is 328 g/mol. The molecule has 2 aromatic rings. The minimum atomic E-state index is -0.622. The Kier molecular flexibility index (Phi) is 5.04. The van der Waals surface area contributed by atoms with Gasteiger partial charge >= 0.3 is 0 Å². The van der Waals surface area contributed by atoms with Crippen LogP contribution in [0.3, 0.4) is 0 Å². The Labute approximate surface area is 131 Å². The van der Waals surface area contributed by atoms with Crippen molar-refractivity contribution in [2.75, 3.05) is 13.7 Å². The molecule has 0 amide bonds. The van der Waals surface area contributed by atoms with Gasteiger partial charge in [0, 0.05) is 5.56 Å². The average molecular weight is 329 g/mol. The van der Waals surface area contributed by atoms with E-state index in [4.69, 9.17) is 32.7 Å². The van der Waals surface area contributed by atoms with Gasteiger partial charge in [-0.05, 0) is 30.3 Å². The predicted octanol–water partition coefficient (Wildman–Crippen LogP) is 4.40. The van der Waals surface area contributed by atoms with Crippen molar-refractivity contribution in [3.05, 3.63) is 57.8 Å². The highest BCUT2D eigenvalue weighted by molar-refractivity contribution is 6.32. The van der Waals surface area contributed by atoms with Gasteiger partial charge in [-0.15, -0.1) is 0 Å². The minimum Gasteiger partial charge on any atom is -0.495 e. The molecule has 0 radical (unpaired) electrons. The Bertz CT molecular complexity index is 654. The van der Waals surface area contributed by atoms with Gasteiger partial charge in [0.25, 0.3) is 0 Å². The minimum absolute atomic E-state index is 0.107. The van der Waals surface area contributed by atoms with Gasteiger partial charge in [-0.2, -0.15) is 0 Å². The van der Waals surface area contributed by atoms with Crippen molar-refractivity contribution >= 4 is 29.0 Å². The summed E-state index contributed by atoms with van der Waals surface area (Å²) < 4.78 is 23.7. The first-order valence-corrected chi connectivity index (χ1v) is 6.72. The lowest BCUT2D eigenvalue weighted by molar-refractivity contribution is 0.0919. The standard InChI is InChI=1S/C15H11Cl2FO3/c1-20-14-6-5-9(7-11(14)17)13(19)8-21-15-10(16)3-2-4-12(15)18/h2-7H,8H2,1H3. The summed E-state index contributed by atoms with van der Waals surface area (Å²) in [5.41, 5.74) is 0.341. The number of benzene rings is 2. The second kappa shape index (κ2) is 6.78. The summed E-state index contributed by atoms with van der Waals surface area (Å²) in [4.78, 5) is 12.0. The Morgan fingerprint density at radius 1 is 1.19 bits per heavy atom. The van der Waals surface area contributed by atoms with Gasteiger partial charge in [-0.1, -0.05) is 29.3 Å². The molecular formula is C15H11Cl2FO3. The van der Waals surface area contributed by atoms with Crippen LogP contribution < -0.4 is 9.47 Å². The third-order valence-electron chi connectivity index (χ3n) is 2.74. The third kappa shape index (κ3) is 3.65. The lowest BCUT2D eigenvalue weighted by atomic mass is 10.1. The number of rotatable bonds is 5. The molecule has 0 aliphatic carbocycles. The molecule has 6 heteroatoms. The number of hydrogen-bond donors (Lipinski definition) is 0. The molecule has 0 unspecified atom stereocenters. The Morgan fingerprint density at radius 2 is 1.95 bits per heavy atom. The molecule has 0 spiro atoms.